The zero-order valence-corrected chi connectivity index (χ0v) is 25.8. The number of sulfonamides is 1. The summed E-state index contributed by atoms with van der Waals surface area (Å²) in [5.74, 6) is -0.224. The van der Waals surface area contributed by atoms with Crippen molar-refractivity contribution in [1.29, 1.82) is 0 Å². The number of aliphatic hydroxyl groups excluding tert-OH is 1. The van der Waals surface area contributed by atoms with E-state index in [2.05, 4.69) is 37.2 Å². The molecule has 2 N–H and O–H groups in total. The topological polar surface area (TPSA) is 91.6 Å². The second-order valence-corrected chi connectivity index (χ2v) is 13.4. The number of aliphatic hydroxyl groups is 1. The summed E-state index contributed by atoms with van der Waals surface area (Å²) in [6.07, 6.45) is -1.04. The molecule has 1 amide bonds. The van der Waals surface area contributed by atoms with Crippen LogP contribution in [0.25, 0.3) is 21.8 Å². The standard InChI is InChI=1S/C30H27Br2N3O4S/c1-19-3-11-26(12-4-19)40(38,39)35(24-9-7-23(8-10-24)33-20(2)36)18-25(37)17-34-29-13-5-21(31)15-27(29)28-16-22(32)6-14-30(28)34/h3-16,25,37H,17-18H2,1-2H3,(H,33,36)/t25-/m0/s1. The van der Waals surface area contributed by atoms with Gasteiger partial charge in [0.2, 0.25) is 5.91 Å². The fourth-order valence-corrected chi connectivity index (χ4v) is 7.02. The third kappa shape index (κ3) is 5.81. The highest BCUT2D eigenvalue weighted by Crippen LogP contribution is 2.34. The van der Waals surface area contributed by atoms with E-state index < -0.39 is 16.1 Å². The van der Waals surface area contributed by atoms with Gasteiger partial charge in [0.25, 0.3) is 10.0 Å². The maximum atomic E-state index is 13.9. The van der Waals surface area contributed by atoms with Crippen LogP contribution in [0.3, 0.4) is 0 Å². The van der Waals surface area contributed by atoms with Gasteiger partial charge in [-0.15, -0.1) is 0 Å². The van der Waals surface area contributed by atoms with Gasteiger partial charge >= 0.3 is 0 Å². The lowest BCUT2D eigenvalue weighted by Crippen LogP contribution is -2.39. The molecule has 0 aliphatic heterocycles. The first-order chi connectivity index (χ1) is 19.0. The molecular formula is C30H27Br2N3O4S. The molecule has 0 aliphatic rings. The number of aryl methyl sites for hydroxylation is 1. The molecule has 0 unspecified atom stereocenters. The van der Waals surface area contributed by atoms with Gasteiger partial charge in [-0.05, 0) is 79.7 Å². The van der Waals surface area contributed by atoms with Gasteiger partial charge in [0.1, 0.15) is 0 Å². The molecule has 1 heterocycles. The number of carbonyl (C=O) groups excluding carboxylic acids is 1. The van der Waals surface area contributed by atoms with Crippen molar-refractivity contribution in [3.8, 4) is 0 Å². The third-order valence-electron chi connectivity index (χ3n) is 6.64. The largest absolute Gasteiger partial charge is 0.389 e. The van der Waals surface area contributed by atoms with Crippen molar-refractivity contribution in [3.63, 3.8) is 0 Å². The van der Waals surface area contributed by atoms with Gasteiger partial charge in [-0.1, -0.05) is 49.6 Å². The Bertz CT molecular complexity index is 1760. The molecule has 5 rings (SSSR count). The van der Waals surface area contributed by atoms with Gasteiger partial charge in [-0.25, -0.2) is 8.42 Å². The molecule has 0 saturated carbocycles. The quantitative estimate of drug-likeness (QED) is 0.187. The summed E-state index contributed by atoms with van der Waals surface area (Å²) in [5, 5.41) is 16.1. The molecule has 7 nitrogen and oxygen atoms in total. The SMILES string of the molecule is CC(=O)Nc1ccc(N(C[C@@H](O)Cn2c3ccc(Br)cc3c3cc(Br)ccc32)S(=O)(=O)c2ccc(C)cc2)cc1. The Labute approximate surface area is 249 Å². The number of amides is 1. The van der Waals surface area contributed by atoms with E-state index in [0.717, 1.165) is 36.3 Å². The van der Waals surface area contributed by atoms with E-state index in [0.29, 0.717) is 11.4 Å². The number of nitrogens with one attached hydrogen (secondary N) is 1. The first-order valence-electron chi connectivity index (χ1n) is 12.5. The highest BCUT2D eigenvalue weighted by molar-refractivity contribution is 9.10. The molecule has 5 aromatic rings. The van der Waals surface area contributed by atoms with E-state index in [1.165, 1.54) is 11.2 Å². The van der Waals surface area contributed by atoms with E-state index >= 15 is 0 Å². The van der Waals surface area contributed by atoms with Gasteiger partial charge in [-0.3, -0.25) is 9.10 Å². The lowest BCUT2D eigenvalue weighted by atomic mass is 10.2. The molecule has 0 bridgehead atoms. The predicted molar refractivity (Wildman–Crippen MR) is 167 cm³/mol. The van der Waals surface area contributed by atoms with Crippen LogP contribution in [0, 0.1) is 6.92 Å². The minimum absolute atomic E-state index is 0.128. The van der Waals surface area contributed by atoms with Crippen LogP contribution < -0.4 is 9.62 Å². The zero-order valence-electron chi connectivity index (χ0n) is 21.8. The van der Waals surface area contributed by atoms with Crippen LogP contribution in [0.5, 0.6) is 0 Å². The van der Waals surface area contributed by atoms with E-state index in [-0.39, 0.29) is 23.9 Å². The van der Waals surface area contributed by atoms with Crippen LogP contribution in [-0.4, -0.2) is 36.6 Å². The molecule has 40 heavy (non-hydrogen) atoms. The summed E-state index contributed by atoms with van der Waals surface area (Å²) in [7, 11) is -4.01. The Morgan fingerprint density at radius 2 is 1.45 bits per heavy atom. The predicted octanol–water partition coefficient (Wildman–Crippen LogP) is 6.84. The van der Waals surface area contributed by atoms with Crippen molar-refractivity contribution in [2.45, 2.75) is 31.4 Å². The van der Waals surface area contributed by atoms with Crippen molar-refractivity contribution in [2.24, 2.45) is 0 Å². The second kappa shape index (κ2) is 11.4. The molecule has 0 spiro atoms. The van der Waals surface area contributed by atoms with Gasteiger partial charge in [-0.2, -0.15) is 0 Å². The summed E-state index contributed by atoms with van der Waals surface area (Å²) < 4.78 is 32.9. The number of halogens is 2. The van der Waals surface area contributed by atoms with E-state index in [9.17, 15) is 18.3 Å². The fourth-order valence-electron chi connectivity index (χ4n) is 4.80. The smallest absolute Gasteiger partial charge is 0.264 e. The fraction of sp³-hybridized carbons (Fsp3) is 0.167. The van der Waals surface area contributed by atoms with Crippen LogP contribution in [0.4, 0.5) is 11.4 Å². The number of carbonyl (C=O) groups is 1. The van der Waals surface area contributed by atoms with Gasteiger partial charge in [0, 0.05) is 43.4 Å². The monoisotopic (exact) mass is 683 g/mol. The number of anilines is 2. The molecule has 0 aliphatic carbocycles. The average Bonchev–Trinajstić information content (AvgIpc) is 3.19. The Balaban J connectivity index is 1.53. The number of hydrogen-bond acceptors (Lipinski definition) is 4. The van der Waals surface area contributed by atoms with Gasteiger partial charge in [0.15, 0.2) is 0 Å². The molecule has 4 aromatic carbocycles. The Hall–Kier alpha value is -3.18. The van der Waals surface area contributed by atoms with Gasteiger partial charge in [0.05, 0.1) is 29.8 Å². The Morgan fingerprint density at radius 3 is 1.98 bits per heavy atom. The third-order valence-corrected chi connectivity index (χ3v) is 9.44. The van der Waals surface area contributed by atoms with Crippen LogP contribution in [-0.2, 0) is 21.4 Å². The molecule has 1 aromatic heterocycles. The summed E-state index contributed by atoms with van der Waals surface area (Å²) in [4.78, 5) is 11.6. The molecular weight excluding hydrogens is 658 g/mol. The maximum Gasteiger partial charge on any atom is 0.264 e. The average molecular weight is 685 g/mol. The number of aromatic nitrogens is 1. The lowest BCUT2D eigenvalue weighted by molar-refractivity contribution is -0.114. The van der Waals surface area contributed by atoms with Crippen molar-refractivity contribution < 1.29 is 18.3 Å². The van der Waals surface area contributed by atoms with Crippen molar-refractivity contribution >= 4 is 81.0 Å². The highest BCUT2D eigenvalue weighted by Gasteiger charge is 2.28. The molecule has 206 valence electrons. The van der Waals surface area contributed by atoms with E-state index in [1.54, 1.807) is 48.5 Å². The second-order valence-electron chi connectivity index (χ2n) is 9.66. The first-order valence-corrected chi connectivity index (χ1v) is 15.6. The molecule has 0 radical (unpaired) electrons. The minimum atomic E-state index is -4.01. The molecule has 0 saturated heterocycles. The minimum Gasteiger partial charge on any atom is -0.389 e. The number of hydrogen-bond donors (Lipinski definition) is 2. The van der Waals surface area contributed by atoms with Crippen molar-refractivity contribution in [3.05, 3.63) is 99.4 Å². The van der Waals surface area contributed by atoms with E-state index in [4.69, 9.17) is 0 Å². The Morgan fingerprint density at radius 1 is 0.900 bits per heavy atom. The van der Waals surface area contributed by atoms with Crippen molar-refractivity contribution in [2.75, 3.05) is 16.2 Å². The maximum absolute atomic E-state index is 13.9. The first kappa shape index (κ1) is 28.4. The van der Waals surface area contributed by atoms with Crippen LogP contribution >= 0.6 is 31.9 Å². The number of fused-ring (bicyclic) bond motifs is 3. The summed E-state index contributed by atoms with van der Waals surface area (Å²) in [5.41, 5.74) is 3.73. The molecule has 1 atom stereocenters. The summed E-state index contributed by atoms with van der Waals surface area (Å²) in [6, 6.07) is 25.1. The summed E-state index contributed by atoms with van der Waals surface area (Å²) >= 11 is 7.11. The van der Waals surface area contributed by atoms with Crippen LogP contribution in [0.2, 0.25) is 0 Å². The number of nitrogens with zero attached hydrogens (tertiary/aromatic N) is 2. The van der Waals surface area contributed by atoms with Crippen molar-refractivity contribution in [1.82, 2.24) is 4.57 Å². The Kier molecular flexibility index (Phi) is 8.05. The zero-order chi connectivity index (χ0) is 28.6. The van der Waals surface area contributed by atoms with Crippen LogP contribution in [0.15, 0.2) is 98.8 Å². The highest BCUT2D eigenvalue weighted by atomic mass is 79.9. The van der Waals surface area contributed by atoms with Crippen LogP contribution in [0.1, 0.15) is 12.5 Å². The lowest BCUT2D eigenvalue weighted by Gasteiger charge is -2.27. The number of rotatable bonds is 8. The molecule has 0 fully saturated rings. The van der Waals surface area contributed by atoms with E-state index in [1.807, 2.05) is 47.9 Å². The molecule has 10 heteroatoms. The van der Waals surface area contributed by atoms with Gasteiger partial charge < -0.3 is 15.0 Å². The normalized spacial score (nSPS) is 12.5. The summed E-state index contributed by atoms with van der Waals surface area (Å²) in [6.45, 7) is 3.29. The number of benzene rings is 4.